The molecule has 0 atom stereocenters. The van der Waals surface area contributed by atoms with Gasteiger partial charge in [-0.1, -0.05) is 18.2 Å². The summed E-state index contributed by atoms with van der Waals surface area (Å²) in [5.41, 5.74) is 0.584. The maximum absolute atomic E-state index is 13.5. The molecule has 0 aliphatic carbocycles. The van der Waals surface area contributed by atoms with Gasteiger partial charge in [-0.15, -0.1) is 3.77 Å². The van der Waals surface area contributed by atoms with E-state index in [0.29, 0.717) is 25.2 Å². The second-order valence-corrected chi connectivity index (χ2v) is 9.28. The average Bonchev–Trinajstić information content (AvgIpc) is 2.33. The zero-order chi connectivity index (χ0) is 14.8. The Morgan fingerprint density at radius 2 is 1.90 bits per heavy atom. The van der Waals surface area contributed by atoms with Crippen LogP contribution in [0.15, 0.2) is 28.0 Å². The highest BCUT2D eigenvalue weighted by Crippen LogP contribution is 2.14. The number of sulfonamides is 1. The lowest BCUT2D eigenvalue weighted by molar-refractivity contribution is 0.286. The van der Waals surface area contributed by atoms with E-state index in [-0.39, 0.29) is 17.3 Å². The van der Waals surface area contributed by atoms with Crippen molar-refractivity contribution in [2.45, 2.75) is 6.54 Å². The molecule has 2 rings (SSSR count). The number of hydrogen-bond donors (Lipinski definition) is 0. The van der Waals surface area contributed by atoms with Crippen molar-refractivity contribution >= 4 is 19.8 Å². The molecule has 0 amide bonds. The highest BCUT2D eigenvalue weighted by molar-refractivity contribution is 8.03. The molecule has 1 aromatic carbocycles. The lowest BCUT2D eigenvalue weighted by Gasteiger charge is -2.28. The lowest BCUT2D eigenvalue weighted by Crippen LogP contribution is -2.40. The van der Waals surface area contributed by atoms with Gasteiger partial charge in [0.05, 0.1) is 16.0 Å². The standard InChI is InChI=1S/C12H17FN2O3S2/c1-19(16,17)14-20(18)8-6-15(7-9-20)10-11-4-2-3-5-12(11)13/h2-5H,6-10H2,1H3. The largest absolute Gasteiger partial charge is 0.297 e. The molecule has 0 saturated carbocycles. The third kappa shape index (κ3) is 4.26. The first-order valence-corrected chi connectivity index (χ1v) is 9.87. The van der Waals surface area contributed by atoms with Crippen LogP contribution in [0, 0.1) is 5.82 Å². The average molecular weight is 320 g/mol. The van der Waals surface area contributed by atoms with E-state index in [1.165, 1.54) is 6.07 Å². The molecule has 1 heterocycles. The van der Waals surface area contributed by atoms with Gasteiger partial charge in [0.25, 0.3) is 10.0 Å². The van der Waals surface area contributed by atoms with E-state index in [0.717, 1.165) is 6.26 Å². The summed E-state index contributed by atoms with van der Waals surface area (Å²) in [6.07, 6.45) is 0.950. The minimum atomic E-state index is -3.59. The van der Waals surface area contributed by atoms with Crippen molar-refractivity contribution in [1.29, 1.82) is 0 Å². The van der Waals surface area contributed by atoms with Gasteiger partial charge in [0.1, 0.15) is 5.82 Å². The Labute approximate surface area is 119 Å². The van der Waals surface area contributed by atoms with Gasteiger partial charge in [-0.25, -0.2) is 17.0 Å². The molecule has 1 aliphatic rings. The second-order valence-electron chi connectivity index (χ2n) is 4.86. The number of nitrogens with zero attached hydrogens (tertiary/aromatic N) is 2. The molecule has 20 heavy (non-hydrogen) atoms. The van der Waals surface area contributed by atoms with Crippen LogP contribution in [0.25, 0.3) is 0 Å². The van der Waals surface area contributed by atoms with Crippen LogP contribution in [0.4, 0.5) is 4.39 Å². The second kappa shape index (κ2) is 5.79. The predicted molar refractivity (Wildman–Crippen MR) is 76.8 cm³/mol. The molecule has 112 valence electrons. The highest BCUT2D eigenvalue weighted by Gasteiger charge is 2.22. The number of rotatable bonds is 3. The van der Waals surface area contributed by atoms with Crippen LogP contribution in [0.5, 0.6) is 0 Å². The monoisotopic (exact) mass is 320 g/mol. The van der Waals surface area contributed by atoms with E-state index >= 15 is 0 Å². The van der Waals surface area contributed by atoms with Crippen LogP contribution in [0.1, 0.15) is 5.56 Å². The molecule has 1 aliphatic heterocycles. The fourth-order valence-electron chi connectivity index (χ4n) is 2.10. The molecular formula is C12H17FN2O3S2. The predicted octanol–water partition coefficient (Wildman–Crippen LogP) is 1.07. The van der Waals surface area contributed by atoms with E-state index in [1.807, 2.05) is 4.90 Å². The molecule has 0 radical (unpaired) electrons. The minimum absolute atomic E-state index is 0.203. The van der Waals surface area contributed by atoms with Crippen molar-refractivity contribution in [1.82, 2.24) is 4.90 Å². The van der Waals surface area contributed by atoms with Crippen LogP contribution in [0.3, 0.4) is 0 Å². The van der Waals surface area contributed by atoms with Gasteiger partial charge in [-0.05, 0) is 6.07 Å². The summed E-state index contributed by atoms with van der Waals surface area (Å²) >= 11 is 0. The molecule has 0 aromatic heterocycles. The minimum Gasteiger partial charge on any atom is -0.297 e. The molecule has 1 saturated heterocycles. The summed E-state index contributed by atoms with van der Waals surface area (Å²) in [6.45, 7) is 1.33. The van der Waals surface area contributed by atoms with Crippen molar-refractivity contribution in [3.63, 3.8) is 0 Å². The Kier molecular flexibility index (Phi) is 4.46. The van der Waals surface area contributed by atoms with Crippen molar-refractivity contribution in [3.05, 3.63) is 35.6 Å². The summed E-state index contributed by atoms with van der Waals surface area (Å²) in [7, 11) is -6.28. The molecule has 0 bridgehead atoms. The van der Waals surface area contributed by atoms with Gasteiger partial charge >= 0.3 is 0 Å². The first-order valence-electron chi connectivity index (χ1n) is 6.17. The first-order chi connectivity index (χ1) is 9.27. The number of halogens is 1. The molecule has 1 fully saturated rings. The molecule has 1 aromatic rings. The third-order valence-electron chi connectivity index (χ3n) is 3.08. The third-order valence-corrected chi connectivity index (χ3v) is 6.89. The Balaban J connectivity index is 2.04. The van der Waals surface area contributed by atoms with Gasteiger partial charge < -0.3 is 0 Å². The Morgan fingerprint density at radius 1 is 1.30 bits per heavy atom. The summed E-state index contributed by atoms with van der Waals surface area (Å²) in [5.74, 6) is 0.142. The Hall–Kier alpha value is -0.990. The zero-order valence-corrected chi connectivity index (χ0v) is 12.8. The van der Waals surface area contributed by atoms with Gasteiger partial charge in [-0.3, -0.25) is 4.90 Å². The smallest absolute Gasteiger partial charge is 0.257 e. The van der Waals surface area contributed by atoms with E-state index < -0.39 is 19.8 Å². The molecule has 0 unspecified atom stereocenters. The maximum Gasteiger partial charge on any atom is 0.257 e. The van der Waals surface area contributed by atoms with Gasteiger partial charge in [0.15, 0.2) is 0 Å². The lowest BCUT2D eigenvalue weighted by atomic mass is 10.2. The zero-order valence-electron chi connectivity index (χ0n) is 11.2. The summed E-state index contributed by atoms with van der Waals surface area (Å²) in [5, 5.41) is 0. The Morgan fingerprint density at radius 3 is 2.45 bits per heavy atom. The molecule has 5 nitrogen and oxygen atoms in total. The fourth-order valence-corrected chi connectivity index (χ4v) is 5.97. The van der Waals surface area contributed by atoms with E-state index in [2.05, 4.69) is 3.77 Å². The van der Waals surface area contributed by atoms with Crippen LogP contribution < -0.4 is 0 Å². The first kappa shape index (κ1) is 15.4. The van der Waals surface area contributed by atoms with Crippen molar-refractivity contribution in [3.8, 4) is 0 Å². The van der Waals surface area contributed by atoms with Crippen LogP contribution in [-0.4, -0.2) is 48.4 Å². The molecule has 0 spiro atoms. The molecule has 0 N–H and O–H groups in total. The van der Waals surface area contributed by atoms with Gasteiger partial charge in [-0.2, -0.15) is 0 Å². The van der Waals surface area contributed by atoms with Crippen molar-refractivity contribution in [2.24, 2.45) is 3.77 Å². The van der Waals surface area contributed by atoms with Crippen molar-refractivity contribution < 1.29 is 17.0 Å². The summed E-state index contributed by atoms with van der Waals surface area (Å²) in [6, 6.07) is 6.51. The molecule has 8 heteroatoms. The number of hydrogen-bond acceptors (Lipinski definition) is 4. The quantitative estimate of drug-likeness (QED) is 0.835. The normalized spacial score (nSPS) is 19.7. The molecular weight excluding hydrogens is 303 g/mol. The van der Waals surface area contributed by atoms with E-state index in [4.69, 9.17) is 0 Å². The maximum atomic E-state index is 13.5. The summed E-state index contributed by atoms with van der Waals surface area (Å²) < 4.78 is 51.5. The fraction of sp³-hybridized carbons (Fsp3) is 0.500. The SMILES string of the molecule is CS(=O)(=O)N=S1(=O)CCN(Cc2ccccc2F)CC1. The number of benzene rings is 1. The van der Waals surface area contributed by atoms with Gasteiger partial charge in [0, 0.05) is 36.7 Å². The van der Waals surface area contributed by atoms with E-state index in [1.54, 1.807) is 18.2 Å². The Bertz CT molecular complexity index is 695. The summed E-state index contributed by atoms with van der Waals surface area (Å²) in [4.78, 5) is 1.96. The van der Waals surface area contributed by atoms with Crippen molar-refractivity contribution in [2.75, 3.05) is 30.9 Å². The van der Waals surface area contributed by atoms with Crippen LogP contribution in [-0.2, 0) is 26.3 Å². The topological polar surface area (TPSA) is 66.8 Å². The van der Waals surface area contributed by atoms with Crippen LogP contribution in [0.2, 0.25) is 0 Å². The highest BCUT2D eigenvalue weighted by atomic mass is 32.3. The van der Waals surface area contributed by atoms with Crippen LogP contribution >= 0.6 is 0 Å². The van der Waals surface area contributed by atoms with E-state index in [9.17, 15) is 17.0 Å². The van der Waals surface area contributed by atoms with Gasteiger partial charge in [0.2, 0.25) is 0 Å².